The lowest BCUT2D eigenvalue weighted by atomic mass is 10.3. The number of nitrogens with one attached hydrogen (secondary N) is 1. The van der Waals surface area contributed by atoms with Crippen molar-refractivity contribution in [3.63, 3.8) is 0 Å². The van der Waals surface area contributed by atoms with Crippen molar-refractivity contribution >= 4 is 22.6 Å². The summed E-state index contributed by atoms with van der Waals surface area (Å²) < 4.78 is 12.4. The van der Waals surface area contributed by atoms with Gasteiger partial charge < -0.3 is 14.8 Å². The smallest absolute Gasteiger partial charge is 0.120 e. The van der Waals surface area contributed by atoms with Crippen molar-refractivity contribution in [3.8, 4) is 5.75 Å². The number of ether oxygens (including phenoxy) is 2. The highest BCUT2D eigenvalue weighted by molar-refractivity contribution is 14.1. The Morgan fingerprint density at radius 1 is 1.53 bits per heavy atom. The standard InChI is InChI=1S/C11H14INO2/c12-9-2-1-3-10(6-9)15-8-11-7-13-4-5-14-11/h1-3,6,11,13H,4-5,7-8H2. The van der Waals surface area contributed by atoms with Crippen molar-refractivity contribution in [2.45, 2.75) is 6.10 Å². The van der Waals surface area contributed by atoms with E-state index in [4.69, 9.17) is 9.47 Å². The van der Waals surface area contributed by atoms with Crippen LogP contribution in [0.3, 0.4) is 0 Å². The van der Waals surface area contributed by atoms with Gasteiger partial charge in [0, 0.05) is 16.7 Å². The Kier molecular flexibility index (Phi) is 4.22. The molecule has 1 aromatic carbocycles. The summed E-state index contributed by atoms with van der Waals surface area (Å²) in [5.74, 6) is 0.913. The van der Waals surface area contributed by atoms with E-state index in [-0.39, 0.29) is 6.10 Å². The molecule has 1 heterocycles. The Hall–Kier alpha value is -0.330. The number of halogens is 1. The molecule has 0 amide bonds. The number of hydrogen-bond acceptors (Lipinski definition) is 3. The van der Waals surface area contributed by atoms with Gasteiger partial charge in [0.05, 0.1) is 6.61 Å². The van der Waals surface area contributed by atoms with Gasteiger partial charge in [-0.05, 0) is 40.8 Å². The summed E-state index contributed by atoms with van der Waals surface area (Å²) in [6.07, 6.45) is 0.177. The lowest BCUT2D eigenvalue weighted by Crippen LogP contribution is -2.41. The molecule has 1 atom stereocenters. The lowest BCUT2D eigenvalue weighted by Gasteiger charge is -2.23. The topological polar surface area (TPSA) is 30.5 Å². The zero-order valence-electron chi connectivity index (χ0n) is 8.41. The van der Waals surface area contributed by atoms with Gasteiger partial charge in [0.25, 0.3) is 0 Å². The molecule has 1 N–H and O–H groups in total. The van der Waals surface area contributed by atoms with Gasteiger partial charge in [-0.15, -0.1) is 0 Å². The monoisotopic (exact) mass is 319 g/mol. The molecule has 3 nitrogen and oxygen atoms in total. The molecule has 0 spiro atoms. The number of hydrogen-bond donors (Lipinski definition) is 1. The molecule has 0 aliphatic carbocycles. The van der Waals surface area contributed by atoms with Crippen molar-refractivity contribution in [1.29, 1.82) is 0 Å². The minimum Gasteiger partial charge on any atom is -0.491 e. The third-order valence-electron chi connectivity index (χ3n) is 2.24. The number of morpholine rings is 1. The molecular weight excluding hydrogens is 305 g/mol. The highest BCUT2D eigenvalue weighted by Gasteiger charge is 2.13. The van der Waals surface area contributed by atoms with Crippen LogP contribution in [0, 0.1) is 3.57 Å². The molecule has 1 unspecified atom stereocenters. The van der Waals surface area contributed by atoms with E-state index < -0.39 is 0 Å². The first-order chi connectivity index (χ1) is 7.34. The Balaban J connectivity index is 1.81. The van der Waals surface area contributed by atoms with Gasteiger partial charge in [0.1, 0.15) is 18.5 Å². The first kappa shape index (κ1) is 11.2. The third kappa shape index (κ3) is 3.62. The minimum absolute atomic E-state index is 0.177. The molecule has 2 rings (SSSR count). The van der Waals surface area contributed by atoms with Crippen molar-refractivity contribution in [2.75, 3.05) is 26.3 Å². The van der Waals surface area contributed by atoms with Crippen LogP contribution in [0.1, 0.15) is 0 Å². The van der Waals surface area contributed by atoms with Crippen LogP contribution in [0.15, 0.2) is 24.3 Å². The molecule has 1 aliphatic heterocycles. The van der Waals surface area contributed by atoms with E-state index in [1.807, 2.05) is 24.3 Å². The molecule has 0 radical (unpaired) electrons. The molecule has 82 valence electrons. The van der Waals surface area contributed by atoms with E-state index in [1.165, 1.54) is 3.57 Å². The summed E-state index contributed by atoms with van der Waals surface area (Å²) in [6.45, 7) is 3.22. The van der Waals surface area contributed by atoms with Gasteiger partial charge >= 0.3 is 0 Å². The van der Waals surface area contributed by atoms with Gasteiger partial charge in [-0.25, -0.2) is 0 Å². The van der Waals surface area contributed by atoms with Crippen LogP contribution >= 0.6 is 22.6 Å². The van der Waals surface area contributed by atoms with Crippen LogP contribution < -0.4 is 10.1 Å². The maximum Gasteiger partial charge on any atom is 0.120 e. The van der Waals surface area contributed by atoms with Gasteiger partial charge in [-0.3, -0.25) is 0 Å². The van der Waals surface area contributed by atoms with Gasteiger partial charge in [-0.1, -0.05) is 6.07 Å². The fraction of sp³-hybridized carbons (Fsp3) is 0.455. The first-order valence-corrected chi connectivity index (χ1v) is 6.13. The number of benzene rings is 1. The molecule has 4 heteroatoms. The molecule has 0 aromatic heterocycles. The van der Waals surface area contributed by atoms with Gasteiger partial charge in [0.15, 0.2) is 0 Å². The zero-order chi connectivity index (χ0) is 10.5. The van der Waals surface area contributed by atoms with E-state index in [2.05, 4.69) is 27.9 Å². The minimum atomic E-state index is 0.177. The summed E-state index contributed by atoms with van der Waals surface area (Å²) in [5.41, 5.74) is 0. The van der Waals surface area contributed by atoms with Crippen molar-refractivity contribution in [3.05, 3.63) is 27.8 Å². The molecule has 15 heavy (non-hydrogen) atoms. The van der Waals surface area contributed by atoms with Crippen LogP contribution in [-0.4, -0.2) is 32.4 Å². The van der Waals surface area contributed by atoms with Crippen molar-refractivity contribution in [1.82, 2.24) is 5.32 Å². The van der Waals surface area contributed by atoms with Crippen LogP contribution in [0.5, 0.6) is 5.75 Å². The average molecular weight is 319 g/mol. The predicted octanol–water partition coefficient (Wildman–Crippen LogP) is 1.66. The van der Waals surface area contributed by atoms with E-state index in [9.17, 15) is 0 Å². The summed E-state index contributed by atoms with van der Waals surface area (Å²) in [6, 6.07) is 8.04. The molecule has 1 aliphatic rings. The fourth-order valence-corrected chi connectivity index (χ4v) is 1.99. The summed E-state index contributed by atoms with van der Waals surface area (Å²) in [7, 11) is 0. The van der Waals surface area contributed by atoms with Crippen LogP contribution in [-0.2, 0) is 4.74 Å². The highest BCUT2D eigenvalue weighted by atomic mass is 127. The van der Waals surface area contributed by atoms with Gasteiger partial charge in [0.2, 0.25) is 0 Å². The molecule has 0 saturated carbocycles. The number of rotatable bonds is 3. The Morgan fingerprint density at radius 2 is 2.47 bits per heavy atom. The predicted molar refractivity (Wildman–Crippen MR) is 67.3 cm³/mol. The average Bonchev–Trinajstić information content (AvgIpc) is 2.28. The van der Waals surface area contributed by atoms with E-state index in [0.717, 1.165) is 25.4 Å². The van der Waals surface area contributed by atoms with Crippen molar-refractivity contribution < 1.29 is 9.47 Å². The quantitative estimate of drug-likeness (QED) is 0.860. The second-order valence-corrected chi connectivity index (χ2v) is 4.71. The van der Waals surface area contributed by atoms with Crippen LogP contribution in [0.4, 0.5) is 0 Å². The third-order valence-corrected chi connectivity index (χ3v) is 2.91. The zero-order valence-corrected chi connectivity index (χ0v) is 10.6. The normalized spacial score (nSPS) is 21.3. The Labute approximate surface area is 103 Å². The van der Waals surface area contributed by atoms with E-state index >= 15 is 0 Å². The maximum absolute atomic E-state index is 5.66. The van der Waals surface area contributed by atoms with E-state index in [0.29, 0.717) is 6.61 Å². The molecular formula is C11H14INO2. The SMILES string of the molecule is Ic1cccc(OCC2CNCCO2)c1. The lowest BCUT2D eigenvalue weighted by molar-refractivity contribution is 0.000183. The summed E-state index contributed by atoms with van der Waals surface area (Å²) >= 11 is 2.28. The first-order valence-electron chi connectivity index (χ1n) is 5.05. The highest BCUT2D eigenvalue weighted by Crippen LogP contribution is 2.15. The van der Waals surface area contributed by atoms with Gasteiger partial charge in [-0.2, -0.15) is 0 Å². The molecule has 1 aromatic rings. The second kappa shape index (κ2) is 5.67. The van der Waals surface area contributed by atoms with Crippen molar-refractivity contribution in [2.24, 2.45) is 0 Å². The van der Waals surface area contributed by atoms with Crippen LogP contribution in [0.2, 0.25) is 0 Å². The van der Waals surface area contributed by atoms with Crippen LogP contribution in [0.25, 0.3) is 0 Å². The molecule has 1 saturated heterocycles. The largest absolute Gasteiger partial charge is 0.491 e. The summed E-state index contributed by atoms with van der Waals surface area (Å²) in [5, 5.41) is 3.28. The molecule has 1 fully saturated rings. The Bertz CT molecular complexity index is 313. The second-order valence-electron chi connectivity index (χ2n) is 3.47. The molecule has 0 bridgehead atoms. The maximum atomic E-state index is 5.66. The fourth-order valence-electron chi connectivity index (χ4n) is 1.47. The summed E-state index contributed by atoms with van der Waals surface area (Å²) in [4.78, 5) is 0. The van der Waals surface area contributed by atoms with E-state index in [1.54, 1.807) is 0 Å². The Morgan fingerprint density at radius 3 is 3.20 bits per heavy atom.